The number of benzene rings is 1. The summed E-state index contributed by atoms with van der Waals surface area (Å²) in [5, 5.41) is 7.97. The lowest BCUT2D eigenvalue weighted by Gasteiger charge is -2.32. The van der Waals surface area contributed by atoms with Crippen LogP contribution in [0.15, 0.2) is 48.9 Å². The van der Waals surface area contributed by atoms with Crippen LogP contribution in [-0.2, 0) is 7.05 Å². The summed E-state index contributed by atoms with van der Waals surface area (Å²) in [4.78, 5) is 27.0. The fourth-order valence-electron chi connectivity index (χ4n) is 4.67. The minimum atomic E-state index is -0.458. The van der Waals surface area contributed by atoms with Crippen molar-refractivity contribution in [2.75, 3.05) is 33.2 Å². The highest BCUT2D eigenvalue weighted by molar-refractivity contribution is 6.32. The van der Waals surface area contributed by atoms with Crippen molar-refractivity contribution in [1.82, 2.24) is 40.1 Å². The van der Waals surface area contributed by atoms with E-state index in [2.05, 4.69) is 37.4 Å². The van der Waals surface area contributed by atoms with Gasteiger partial charge < -0.3 is 9.88 Å². The van der Waals surface area contributed by atoms with Gasteiger partial charge in [-0.25, -0.2) is 14.4 Å². The topological polar surface area (TPSA) is 95.0 Å². The molecule has 0 atom stereocenters. The Labute approximate surface area is 216 Å². The average Bonchev–Trinajstić information content (AvgIpc) is 3.44. The maximum absolute atomic E-state index is 15.3. The number of amides is 1. The molecule has 0 spiro atoms. The molecule has 9 nitrogen and oxygen atoms in total. The minimum absolute atomic E-state index is 0.187. The van der Waals surface area contributed by atoms with Gasteiger partial charge in [0, 0.05) is 55.1 Å². The number of rotatable bonds is 4. The van der Waals surface area contributed by atoms with Gasteiger partial charge in [0.2, 0.25) is 0 Å². The van der Waals surface area contributed by atoms with Gasteiger partial charge in [0.25, 0.3) is 5.91 Å². The van der Waals surface area contributed by atoms with Crippen molar-refractivity contribution in [2.24, 2.45) is 7.05 Å². The molecule has 1 aliphatic heterocycles. The summed E-state index contributed by atoms with van der Waals surface area (Å²) in [6, 6.07) is 8.80. The molecule has 11 heteroatoms. The average molecular weight is 519 g/mol. The molecule has 4 aromatic heterocycles. The molecule has 1 aliphatic rings. The van der Waals surface area contributed by atoms with E-state index in [-0.39, 0.29) is 5.91 Å². The number of hydrazine groups is 1. The van der Waals surface area contributed by atoms with Crippen molar-refractivity contribution in [3.63, 3.8) is 0 Å². The van der Waals surface area contributed by atoms with Gasteiger partial charge in [-0.3, -0.25) is 19.9 Å². The molecule has 2 N–H and O–H groups in total. The fourth-order valence-corrected chi connectivity index (χ4v) is 4.86. The number of aromatic nitrogens is 5. The first-order valence-electron chi connectivity index (χ1n) is 11.9. The SMILES string of the molecule is CN1CCN(NC(=O)c2ccc(-c3c(F)cnc4[nH]c5cnc(-c6cnn(C)c6Cl)cc5c34)cc2)CC1. The lowest BCUT2D eigenvalue weighted by atomic mass is 9.99. The Morgan fingerprint density at radius 2 is 1.81 bits per heavy atom. The Hall–Kier alpha value is -3.86. The van der Waals surface area contributed by atoms with E-state index >= 15 is 4.39 Å². The van der Waals surface area contributed by atoms with E-state index in [1.807, 2.05) is 11.1 Å². The van der Waals surface area contributed by atoms with E-state index in [1.54, 1.807) is 48.4 Å². The Balaban J connectivity index is 1.38. The van der Waals surface area contributed by atoms with Crippen molar-refractivity contribution >= 4 is 39.4 Å². The maximum atomic E-state index is 15.3. The van der Waals surface area contributed by atoms with Crippen LogP contribution in [0.25, 0.3) is 44.3 Å². The number of aryl methyl sites for hydroxylation is 1. The highest BCUT2D eigenvalue weighted by Gasteiger charge is 2.20. The van der Waals surface area contributed by atoms with Crippen molar-refractivity contribution in [1.29, 1.82) is 0 Å². The molecular weight excluding hydrogens is 495 g/mol. The second-order valence-electron chi connectivity index (χ2n) is 9.23. The molecule has 188 valence electrons. The summed E-state index contributed by atoms with van der Waals surface area (Å²) in [5.41, 5.74) is 7.07. The second-order valence-corrected chi connectivity index (χ2v) is 9.58. The second kappa shape index (κ2) is 9.22. The van der Waals surface area contributed by atoms with Crippen LogP contribution in [0, 0.1) is 5.82 Å². The van der Waals surface area contributed by atoms with Gasteiger partial charge in [-0.1, -0.05) is 23.7 Å². The number of nitrogens with one attached hydrogen (secondary N) is 2. The molecular formula is C26H24ClFN8O. The summed E-state index contributed by atoms with van der Waals surface area (Å²) in [7, 11) is 3.81. The lowest BCUT2D eigenvalue weighted by molar-refractivity contribution is 0.0662. The standard InChI is InChI=1S/C26H24ClFN8O/c1-34-7-9-36(10-8-34)33-26(37)16-5-3-15(4-6-16)22-19(28)13-30-25-23(22)17-11-20(29-14-21(17)32-25)18-12-31-35(2)24(18)27/h3-6,11-14H,7-10H2,1-2H3,(H,30,32)(H,33,37). The van der Waals surface area contributed by atoms with E-state index in [0.29, 0.717) is 44.1 Å². The van der Waals surface area contributed by atoms with Gasteiger partial charge >= 0.3 is 0 Å². The zero-order valence-electron chi connectivity index (χ0n) is 20.3. The van der Waals surface area contributed by atoms with Crippen LogP contribution in [0.5, 0.6) is 0 Å². The Morgan fingerprint density at radius 3 is 2.51 bits per heavy atom. The summed E-state index contributed by atoms with van der Waals surface area (Å²) in [6.07, 6.45) is 4.54. The number of carbonyl (C=O) groups is 1. The number of likely N-dealkylation sites (N-methyl/N-ethyl adjacent to an activating group) is 1. The van der Waals surface area contributed by atoms with Crippen molar-refractivity contribution in [3.05, 3.63) is 65.5 Å². The Morgan fingerprint density at radius 1 is 1.05 bits per heavy atom. The molecule has 1 saturated heterocycles. The highest BCUT2D eigenvalue weighted by atomic mass is 35.5. The summed E-state index contributed by atoms with van der Waals surface area (Å²) < 4.78 is 16.8. The predicted molar refractivity (Wildman–Crippen MR) is 141 cm³/mol. The molecule has 1 amide bonds. The van der Waals surface area contributed by atoms with Crippen LogP contribution < -0.4 is 5.43 Å². The number of fused-ring (bicyclic) bond motifs is 3. The Kier molecular flexibility index (Phi) is 5.86. The number of carbonyl (C=O) groups excluding carboxylic acids is 1. The van der Waals surface area contributed by atoms with E-state index in [9.17, 15) is 4.79 Å². The van der Waals surface area contributed by atoms with Crippen LogP contribution in [-0.4, -0.2) is 73.8 Å². The molecule has 5 aromatic rings. The number of hydrogen-bond acceptors (Lipinski definition) is 6. The smallest absolute Gasteiger partial charge is 0.265 e. The number of pyridine rings is 2. The van der Waals surface area contributed by atoms with E-state index < -0.39 is 5.82 Å². The zero-order valence-corrected chi connectivity index (χ0v) is 21.1. The molecule has 0 bridgehead atoms. The number of H-pyrrole nitrogens is 1. The van der Waals surface area contributed by atoms with E-state index in [0.717, 1.165) is 37.1 Å². The van der Waals surface area contributed by atoms with Crippen LogP contribution in [0.4, 0.5) is 4.39 Å². The van der Waals surface area contributed by atoms with Gasteiger partial charge in [0.1, 0.15) is 16.6 Å². The van der Waals surface area contributed by atoms with Crippen molar-refractivity contribution in [2.45, 2.75) is 0 Å². The fraction of sp³-hybridized carbons (Fsp3) is 0.231. The number of hydrogen-bond donors (Lipinski definition) is 2. The largest absolute Gasteiger partial charge is 0.338 e. The van der Waals surface area contributed by atoms with Gasteiger partial charge in [0.15, 0.2) is 0 Å². The summed E-state index contributed by atoms with van der Waals surface area (Å²) >= 11 is 6.39. The van der Waals surface area contributed by atoms with Crippen LogP contribution in [0.2, 0.25) is 5.15 Å². The third-order valence-corrected chi connectivity index (χ3v) is 7.25. The Bertz CT molecular complexity index is 1640. The maximum Gasteiger partial charge on any atom is 0.265 e. The molecule has 1 aromatic carbocycles. The number of nitrogens with zero attached hydrogens (tertiary/aromatic N) is 6. The molecule has 37 heavy (non-hydrogen) atoms. The van der Waals surface area contributed by atoms with Gasteiger partial charge in [-0.2, -0.15) is 5.10 Å². The van der Waals surface area contributed by atoms with Gasteiger partial charge in [0.05, 0.1) is 35.4 Å². The van der Waals surface area contributed by atoms with E-state index in [4.69, 9.17) is 11.6 Å². The first-order valence-corrected chi connectivity index (χ1v) is 12.3. The third kappa shape index (κ3) is 4.22. The molecule has 0 unspecified atom stereocenters. The molecule has 0 aliphatic carbocycles. The first kappa shape index (κ1) is 23.5. The van der Waals surface area contributed by atoms with E-state index in [1.165, 1.54) is 6.20 Å². The normalized spacial score (nSPS) is 15.0. The third-order valence-electron chi connectivity index (χ3n) is 6.80. The van der Waals surface area contributed by atoms with Crippen molar-refractivity contribution in [3.8, 4) is 22.4 Å². The predicted octanol–water partition coefficient (Wildman–Crippen LogP) is 3.86. The van der Waals surface area contributed by atoms with Gasteiger partial charge in [-0.15, -0.1) is 0 Å². The quantitative estimate of drug-likeness (QED) is 0.375. The number of halogens is 2. The van der Waals surface area contributed by atoms with Crippen LogP contribution in [0.3, 0.4) is 0 Å². The molecule has 1 fully saturated rings. The number of piperazine rings is 1. The molecule has 0 radical (unpaired) electrons. The van der Waals surface area contributed by atoms with Crippen LogP contribution in [0.1, 0.15) is 10.4 Å². The molecule has 5 heterocycles. The summed E-state index contributed by atoms with van der Waals surface area (Å²) in [5.74, 6) is -0.645. The summed E-state index contributed by atoms with van der Waals surface area (Å²) in [6.45, 7) is 3.32. The zero-order chi connectivity index (χ0) is 25.7. The lowest BCUT2D eigenvalue weighted by Crippen LogP contribution is -2.52. The van der Waals surface area contributed by atoms with Crippen LogP contribution >= 0.6 is 11.6 Å². The minimum Gasteiger partial charge on any atom is -0.338 e. The number of aromatic amines is 1. The van der Waals surface area contributed by atoms with Gasteiger partial charge in [-0.05, 0) is 30.8 Å². The highest BCUT2D eigenvalue weighted by Crippen LogP contribution is 2.37. The monoisotopic (exact) mass is 518 g/mol. The molecule has 6 rings (SSSR count). The molecule has 0 saturated carbocycles. The van der Waals surface area contributed by atoms with Crippen molar-refractivity contribution < 1.29 is 9.18 Å². The first-order chi connectivity index (χ1) is 17.9.